The monoisotopic (exact) mass is 404 g/mol. The molecule has 2 atom stereocenters. The lowest BCUT2D eigenvalue weighted by atomic mass is 9.75. The van der Waals surface area contributed by atoms with E-state index in [2.05, 4.69) is 0 Å². The van der Waals surface area contributed by atoms with Gasteiger partial charge in [-0.2, -0.15) is 4.31 Å². The first-order valence-electron chi connectivity index (χ1n) is 11.0. The van der Waals surface area contributed by atoms with Gasteiger partial charge in [-0.25, -0.2) is 8.42 Å². The molecule has 3 aliphatic rings. The number of nitrogens with zero attached hydrogens (tertiary/aromatic N) is 2. The number of hydrogen-bond acceptors (Lipinski definition) is 3. The number of sulfonamides is 1. The zero-order valence-electron chi connectivity index (χ0n) is 16.7. The van der Waals surface area contributed by atoms with E-state index in [1.165, 1.54) is 25.7 Å². The second kappa shape index (κ2) is 8.54. The number of rotatable bonds is 3. The second-order valence-electron chi connectivity index (χ2n) is 8.69. The molecule has 1 aromatic carbocycles. The first-order valence-corrected chi connectivity index (χ1v) is 12.4. The van der Waals surface area contributed by atoms with E-state index in [0.717, 1.165) is 51.1 Å². The molecular formula is C22H32N2O3S. The highest BCUT2D eigenvalue weighted by atomic mass is 32.2. The summed E-state index contributed by atoms with van der Waals surface area (Å²) >= 11 is 0. The lowest BCUT2D eigenvalue weighted by molar-refractivity contribution is 0.0521. The third kappa shape index (κ3) is 4.13. The maximum absolute atomic E-state index is 12.9. The number of benzene rings is 1. The van der Waals surface area contributed by atoms with Gasteiger partial charge in [-0.05, 0) is 61.8 Å². The molecule has 0 aromatic heterocycles. The highest BCUT2D eigenvalue weighted by molar-refractivity contribution is 7.89. The molecule has 1 amide bonds. The van der Waals surface area contributed by atoms with E-state index in [0.29, 0.717) is 29.5 Å². The van der Waals surface area contributed by atoms with Gasteiger partial charge in [0.2, 0.25) is 10.0 Å². The predicted octanol–water partition coefficient (Wildman–Crippen LogP) is 3.90. The van der Waals surface area contributed by atoms with Gasteiger partial charge in [0.25, 0.3) is 5.91 Å². The summed E-state index contributed by atoms with van der Waals surface area (Å²) in [6.07, 6.45) is 10.3. The van der Waals surface area contributed by atoms with Gasteiger partial charge in [0.1, 0.15) is 0 Å². The maximum Gasteiger partial charge on any atom is 0.253 e. The van der Waals surface area contributed by atoms with Crippen molar-refractivity contribution in [2.45, 2.75) is 62.7 Å². The minimum absolute atomic E-state index is 0.0442. The van der Waals surface area contributed by atoms with E-state index in [9.17, 15) is 13.2 Å². The Morgan fingerprint density at radius 1 is 0.786 bits per heavy atom. The first-order chi connectivity index (χ1) is 13.6. The van der Waals surface area contributed by atoms with Crippen LogP contribution in [0.15, 0.2) is 29.2 Å². The number of hydrogen-bond donors (Lipinski definition) is 0. The molecule has 1 saturated carbocycles. The van der Waals surface area contributed by atoms with Crippen LogP contribution in [0.3, 0.4) is 0 Å². The summed E-state index contributed by atoms with van der Waals surface area (Å²) in [7, 11) is -3.46. The van der Waals surface area contributed by atoms with E-state index < -0.39 is 10.0 Å². The minimum Gasteiger partial charge on any atom is -0.338 e. The molecule has 2 heterocycles. The van der Waals surface area contributed by atoms with Crippen LogP contribution in [-0.4, -0.2) is 49.7 Å². The normalized spacial score (nSPS) is 27.1. The van der Waals surface area contributed by atoms with Crippen molar-refractivity contribution in [1.29, 1.82) is 0 Å². The number of piperidine rings is 1. The van der Waals surface area contributed by atoms with Gasteiger partial charge in [0, 0.05) is 31.7 Å². The van der Waals surface area contributed by atoms with E-state index in [4.69, 9.17) is 0 Å². The number of amides is 1. The van der Waals surface area contributed by atoms with Crippen LogP contribution in [0.2, 0.25) is 0 Å². The Balaban J connectivity index is 1.44. The van der Waals surface area contributed by atoms with Crippen LogP contribution < -0.4 is 0 Å². The van der Waals surface area contributed by atoms with Gasteiger partial charge in [-0.1, -0.05) is 32.1 Å². The van der Waals surface area contributed by atoms with Crippen molar-refractivity contribution >= 4 is 15.9 Å². The number of fused-ring (bicyclic) bond motifs is 1. The molecular weight excluding hydrogens is 372 g/mol. The second-order valence-corrected chi connectivity index (χ2v) is 10.6. The summed E-state index contributed by atoms with van der Waals surface area (Å²) in [5.74, 6) is 1.48. The molecule has 0 N–H and O–H groups in total. The topological polar surface area (TPSA) is 57.7 Å². The fraction of sp³-hybridized carbons (Fsp3) is 0.682. The zero-order chi connectivity index (χ0) is 19.6. The molecule has 0 spiro atoms. The Bertz CT molecular complexity index is 783. The summed E-state index contributed by atoms with van der Waals surface area (Å²) in [6.45, 7) is 2.88. The fourth-order valence-electron chi connectivity index (χ4n) is 5.17. The zero-order valence-corrected chi connectivity index (χ0v) is 17.5. The van der Waals surface area contributed by atoms with Crippen molar-refractivity contribution < 1.29 is 13.2 Å². The Morgan fingerprint density at radius 2 is 1.43 bits per heavy atom. The van der Waals surface area contributed by atoms with E-state index >= 15 is 0 Å². The smallest absolute Gasteiger partial charge is 0.253 e. The summed E-state index contributed by atoms with van der Waals surface area (Å²) < 4.78 is 27.4. The molecule has 154 valence electrons. The summed E-state index contributed by atoms with van der Waals surface area (Å²) in [4.78, 5) is 15.2. The van der Waals surface area contributed by atoms with Crippen LogP contribution in [0.4, 0.5) is 0 Å². The van der Waals surface area contributed by atoms with Gasteiger partial charge in [0.05, 0.1) is 4.90 Å². The third-order valence-electron chi connectivity index (χ3n) is 6.88. The van der Waals surface area contributed by atoms with Crippen molar-refractivity contribution in [2.75, 3.05) is 26.2 Å². The molecule has 6 heteroatoms. The Kier molecular flexibility index (Phi) is 6.07. The highest BCUT2D eigenvalue weighted by Gasteiger charge is 2.33. The van der Waals surface area contributed by atoms with Gasteiger partial charge in [-0.15, -0.1) is 0 Å². The minimum atomic E-state index is -3.46. The molecule has 28 heavy (non-hydrogen) atoms. The number of carbonyl (C=O) groups is 1. The van der Waals surface area contributed by atoms with Crippen LogP contribution in [-0.2, 0) is 10.0 Å². The fourth-order valence-corrected chi connectivity index (χ4v) is 6.69. The van der Waals surface area contributed by atoms with Gasteiger partial charge in [0.15, 0.2) is 0 Å². The molecule has 5 nitrogen and oxygen atoms in total. The third-order valence-corrected chi connectivity index (χ3v) is 8.80. The Hall–Kier alpha value is -1.40. The molecule has 3 fully saturated rings. The van der Waals surface area contributed by atoms with Crippen molar-refractivity contribution in [2.24, 2.45) is 11.8 Å². The lowest BCUT2D eigenvalue weighted by Gasteiger charge is -2.41. The van der Waals surface area contributed by atoms with Gasteiger partial charge < -0.3 is 4.90 Å². The SMILES string of the molecule is O=C(c1ccc(S(=O)(=O)N2CCCCCC2)cc1)N1CC[C@@H]2CCCC[C@@H]2C1. The molecule has 2 saturated heterocycles. The first kappa shape index (κ1) is 19.9. The van der Waals surface area contributed by atoms with Crippen LogP contribution in [0.5, 0.6) is 0 Å². The molecule has 2 aliphatic heterocycles. The number of likely N-dealkylation sites (tertiary alicyclic amines) is 1. The summed E-state index contributed by atoms with van der Waals surface area (Å²) in [5.41, 5.74) is 0.601. The van der Waals surface area contributed by atoms with Crippen molar-refractivity contribution in [3.8, 4) is 0 Å². The standard InChI is InChI=1S/C22H32N2O3S/c25-22(23-16-13-18-7-3-4-8-20(18)17-23)19-9-11-21(12-10-19)28(26,27)24-14-5-1-2-6-15-24/h9-12,18,20H,1-8,13-17H2/t18-,20+/m0/s1. The average molecular weight is 405 g/mol. The molecule has 0 radical (unpaired) electrons. The van der Waals surface area contributed by atoms with Gasteiger partial charge >= 0.3 is 0 Å². The lowest BCUT2D eigenvalue weighted by Crippen LogP contribution is -2.44. The van der Waals surface area contributed by atoms with Crippen LogP contribution >= 0.6 is 0 Å². The summed E-state index contributed by atoms with van der Waals surface area (Å²) in [6, 6.07) is 6.61. The van der Waals surface area contributed by atoms with E-state index in [1.54, 1.807) is 28.6 Å². The van der Waals surface area contributed by atoms with Crippen LogP contribution in [0.1, 0.15) is 68.1 Å². The van der Waals surface area contributed by atoms with Crippen LogP contribution in [0.25, 0.3) is 0 Å². The quantitative estimate of drug-likeness (QED) is 0.768. The molecule has 1 aliphatic carbocycles. The average Bonchev–Trinajstić information content (AvgIpc) is 3.03. The molecule has 4 rings (SSSR count). The predicted molar refractivity (Wildman–Crippen MR) is 110 cm³/mol. The van der Waals surface area contributed by atoms with Gasteiger partial charge in [-0.3, -0.25) is 4.79 Å². The molecule has 0 bridgehead atoms. The largest absolute Gasteiger partial charge is 0.338 e. The molecule has 0 unspecified atom stereocenters. The van der Waals surface area contributed by atoms with E-state index in [1.807, 2.05) is 4.90 Å². The van der Waals surface area contributed by atoms with E-state index in [-0.39, 0.29) is 5.91 Å². The van der Waals surface area contributed by atoms with Crippen molar-refractivity contribution in [1.82, 2.24) is 9.21 Å². The van der Waals surface area contributed by atoms with Crippen molar-refractivity contribution in [3.05, 3.63) is 29.8 Å². The van der Waals surface area contributed by atoms with Crippen LogP contribution in [0, 0.1) is 11.8 Å². The highest BCUT2D eigenvalue weighted by Crippen LogP contribution is 2.36. The number of carbonyl (C=O) groups excluding carboxylic acids is 1. The van der Waals surface area contributed by atoms with Crippen molar-refractivity contribution in [3.63, 3.8) is 0 Å². The summed E-state index contributed by atoms with van der Waals surface area (Å²) in [5, 5.41) is 0. The molecule has 1 aromatic rings. The maximum atomic E-state index is 12.9. The Labute approximate surface area is 169 Å². The Morgan fingerprint density at radius 3 is 2.11 bits per heavy atom.